The molecule has 1 amide bonds. The number of anilines is 4. The van der Waals surface area contributed by atoms with E-state index in [4.69, 9.17) is 10.5 Å². The minimum absolute atomic E-state index is 0.0240. The number of likely N-dealkylation sites (N-methyl/N-ethyl adjacent to an activating group) is 1. The number of rotatable bonds is 7. The minimum atomic E-state index is -0.728. The molecule has 1 fully saturated rings. The number of primary amides is 1. The average molecular weight is 504 g/mol. The van der Waals surface area contributed by atoms with Gasteiger partial charge in [0.15, 0.2) is 28.9 Å². The van der Waals surface area contributed by atoms with Crippen molar-refractivity contribution in [2.75, 3.05) is 62.9 Å². The van der Waals surface area contributed by atoms with Crippen molar-refractivity contribution >= 4 is 40.1 Å². The van der Waals surface area contributed by atoms with Crippen LogP contribution in [0.1, 0.15) is 10.5 Å². The number of carbonyl (C=O) groups is 1. The summed E-state index contributed by atoms with van der Waals surface area (Å²) in [5.41, 5.74) is 8.83. The number of aromatic nitrogens is 6. The summed E-state index contributed by atoms with van der Waals surface area (Å²) >= 11 is 0. The summed E-state index contributed by atoms with van der Waals surface area (Å²) in [4.78, 5) is 39.6. The predicted molar refractivity (Wildman–Crippen MR) is 141 cm³/mol. The molecule has 13 nitrogen and oxygen atoms in total. The number of carbonyl (C=O) groups excluding carboxylic acids is 1. The molecule has 0 unspecified atom stereocenters. The van der Waals surface area contributed by atoms with Gasteiger partial charge in [0.25, 0.3) is 5.91 Å². The van der Waals surface area contributed by atoms with Gasteiger partial charge < -0.3 is 35.5 Å². The van der Waals surface area contributed by atoms with Crippen molar-refractivity contribution in [1.29, 1.82) is 0 Å². The Morgan fingerprint density at radius 3 is 2.54 bits per heavy atom. The number of amides is 1. The molecule has 192 valence electrons. The summed E-state index contributed by atoms with van der Waals surface area (Å²) in [6.45, 7) is 3.61. The van der Waals surface area contributed by atoms with Crippen LogP contribution in [0, 0.1) is 0 Å². The molecule has 5 rings (SSSR count). The van der Waals surface area contributed by atoms with Gasteiger partial charge in [-0.2, -0.15) is 0 Å². The number of ether oxygens (including phenoxy) is 1. The maximum Gasteiger partial charge on any atom is 0.271 e. The number of pyridine rings is 2. The highest BCUT2D eigenvalue weighted by atomic mass is 16.5. The zero-order valence-corrected chi connectivity index (χ0v) is 21.2. The Bertz CT molecular complexity index is 1460. The van der Waals surface area contributed by atoms with Gasteiger partial charge in [0.1, 0.15) is 11.2 Å². The molecule has 0 atom stereocenters. The molecule has 13 heteroatoms. The van der Waals surface area contributed by atoms with Crippen molar-refractivity contribution in [3.63, 3.8) is 0 Å². The van der Waals surface area contributed by atoms with Crippen LogP contribution in [0.4, 0.5) is 23.1 Å². The van der Waals surface area contributed by atoms with Crippen LogP contribution >= 0.6 is 0 Å². The first-order valence-corrected chi connectivity index (χ1v) is 11.8. The third-order valence-electron chi connectivity index (χ3n) is 6.38. The molecule has 5 heterocycles. The molecule has 4 aromatic heterocycles. The van der Waals surface area contributed by atoms with Crippen molar-refractivity contribution in [3.8, 4) is 17.0 Å². The Kier molecular flexibility index (Phi) is 6.44. The summed E-state index contributed by atoms with van der Waals surface area (Å²) < 4.78 is 7.49. The number of nitrogens with two attached hydrogens (primary N) is 1. The van der Waals surface area contributed by atoms with Crippen LogP contribution in [0.25, 0.3) is 22.3 Å². The molecule has 0 aliphatic carbocycles. The summed E-state index contributed by atoms with van der Waals surface area (Å²) in [5.74, 6) is 1.28. The molecule has 0 spiro atoms. The van der Waals surface area contributed by atoms with Gasteiger partial charge in [-0.05, 0) is 7.05 Å². The summed E-state index contributed by atoms with van der Waals surface area (Å²) in [6, 6.07) is 1.82. The van der Waals surface area contributed by atoms with Gasteiger partial charge in [0, 0.05) is 52.5 Å². The monoisotopic (exact) mass is 503 g/mol. The van der Waals surface area contributed by atoms with Crippen molar-refractivity contribution in [3.05, 3.63) is 36.7 Å². The first-order chi connectivity index (χ1) is 17.9. The van der Waals surface area contributed by atoms with Gasteiger partial charge >= 0.3 is 0 Å². The molecule has 4 N–H and O–H groups in total. The molecule has 37 heavy (non-hydrogen) atoms. The Labute approximate surface area is 213 Å². The van der Waals surface area contributed by atoms with E-state index >= 15 is 0 Å². The van der Waals surface area contributed by atoms with E-state index in [-0.39, 0.29) is 11.5 Å². The molecule has 0 saturated carbocycles. The molecule has 4 aromatic rings. The van der Waals surface area contributed by atoms with Gasteiger partial charge in [-0.1, -0.05) is 0 Å². The van der Waals surface area contributed by atoms with Gasteiger partial charge in [-0.25, -0.2) is 19.9 Å². The molecule has 1 saturated heterocycles. The third-order valence-corrected chi connectivity index (χ3v) is 6.38. The highest BCUT2D eigenvalue weighted by Gasteiger charge is 2.23. The van der Waals surface area contributed by atoms with Crippen LogP contribution in [0.3, 0.4) is 0 Å². The number of methoxy groups -OCH3 is 1. The van der Waals surface area contributed by atoms with Crippen LogP contribution in [-0.2, 0) is 7.05 Å². The molecule has 0 aromatic carbocycles. The van der Waals surface area contributed by atoms with Crippen molar-refractivity contribution in [2.45, 2.75) is 0 Å². The maximum atomic E-state index is 12.4. The fourth-order valence-corrected chi connectivity index (χ4v) is 4.32. The van der Waals surface area contributed by atoms with E-state index in [0.29, 0.717) is 34.0 Å². The van der Waals surface area contributed by atoms with E-state index in [0.717, 1.165) is 37.5 Å². The van der Waals surface area contributed by atoms with Crippen LogP contribution in [-0.4, -0.2) is 87.7 Å². The lowest BCUT2D eigenvalue weighted by Crippen LogP contribution is -2.44. The number of hydrogen-bond donors (Lipinski definition) is 3. The number of piperazine rings is 1. The van der Waals surface area contributed by atoms with Crippen molar-refractivity contribution in [2.24, 2.45) is 12.8 Å². The smallest absolute Gasteiger partial charge is 0.271 e. The summed E-state index contributed by atoms with van der Waals surface area (Å²) in [7, 11) is 7.31. The van der Waals surface area contributed by atoms with Crippen LogP contribution in [0.15, 0.2) is 31.0 Å². The van der Waals surface area contributed by atoms with E-state index < -0.39 is 5.91 Å². The zero-order chi connectivity index (χ0) is 26.1. The zero-order valence-electron chi connectivity index (χ0n) is 21.2. The van der Waals surface area contributed by atoms with Crippen LogP contribution in [0.5, 0.6) is 5.75 Å². The quantitative estimate of drug-likeness (QED) is 0.336. The second kappa shape index (κ2) is 9.85. The molecule has 0 bridgehead atoms. The number of imidazole rings is 1. The second-order valence-corrected chi connectivity index (χ2v) is 8.81. The summed E-state index contributed by atoms with van der Waals surface area (Å²) in [6.07, 6.45) is 6.73. The fourth-order valence-electron chi connectivity index (χ4n) is 4.32. The first-order valence-electron chi connectivity index (χ1n) is 11.8. The van der Waals surface area contributed by atoms with E-state index in [1.807, 2.05) is 17.7 Å². The van der Waals surface area contributed by atoms with Crippen molar-refractivity contribution in [1.82, 2.24) is 34.4 Å². The number of hydrogen-bond acceptors (Lipinski definition) is 11. The standard InChI is InChI=1S/C24H29N11O2/c1-26-22-19(15-11-27-12-16-18(15)29-13-34(16)3)31-20(21(25)36)23(32-22)30-14-9-17(37-4)24(28-10-14)35-7-5-33(2)6-8-35/h9-13H,5-8H2,1-4H3,(H2,25,36)(H2,26,30,32). The normalized spacial score (nSPS) is 14.1. The Morgan fingerprint density at radius 1 is 1.05 bits per heavy atom. The number of aryl methyl sites for hydroxylation is 1. The lowest BCUT2D eigenvalue weighted by molar-refractivity contribution is 0.0996. The number of fused-ring (bicyclic) bond motifs is 1. The van der Waals surface area contributed by atoms with Gasteiger partial charge in [0.05, 0.1) is 42.6 Å². The minimum Gasteiger partial charge on any atom is -0.493 e. The summed E-state index contributed by atoms with van der Waals surface area (Å²) in [5, 5.41) is 6.20. The number of nitrogens with one attached hydrogen (secondary N) is 2. The lowest BCUT2D eigenvalue weighted by Gasteiger charge is -2.33. The Morgan fingerprint density at radius 2 is 1.84 bits per heavy atom. The molecule has 0 radical (unpaired) electrons. The number of nitrogens with zero attached hydrogens (tertiary/aromatic N) is 8. The van der Waals surface area contributed by atoms with Crippen LogP contribution < -0.4 is 26.0 Å². The SMILES string of the molecule is CNc1nc(Nc2cnc(N3CCN(C)CC3)c(OC)c2)c(C(N)=O)nc1-c1cncc2c1ncn2C. The van der Waals surface area contributed by atoms with Gasteiger partial charge in [-0.3, -0.25) is 9.78 Å². The molecule has 1 aliphatic heterocycles. The van der Waals surface area contributed by atoms with Crippen LogP contribution in [0.2, 0.25) is 0 Å². The van der Waals surface area contributed by atoms with Gasteiger partial charge in [0.2, 0.25) is 0 Å². The van der Waals surface area contributed by atoms with E-state index in [1.54, 1.807) is 39.1 Å². The largest absolute Gasteiger partial charge is 0.493 e. The fraction of sp³-hybridized carbons (Fsp3) is 0.333. The molecular formula is C24H29N11O2. The lowest BCUT2D eigenvalue weighted by atomic mass is 10.1. The van der Waals surface area contributed by atoms with Crippen molar-refractivity contribution < 1.29 is 9.53 Å². The highest BCUT2D eigenvalue weighted by Crippen LogP contribution is 2.34. The maximum absolute atomic E-state index is 12.4. The Hall–Kier alpha value is -4.52. The third kappa shape index (κ3) is 4.56. The first kappa shape index (κ1) is 24.2. The highest BCUT2D eigenvalue weighted by molar-refractivity contribution is 5.99. The van der Waals surface area contributed by atoms with Gasteiger partial charge in [-0.15, -0.1) is 0 Å². The molecule has 1 aliphatic rings. The average Bonchev–Trinajstić information content (AvgIpc) is 3.29. The second-order valence-electron chi connectivity index (χ2n) is 8.81. The topological polar surface area (TPSA) is 152 Å². The molecular weight excluding hydrogens is 474 g/mol. The van der Waals surface area contributed by atoms with E-state index in [1.165, 1.54) is 0 Å². The van der Waals surface area contributed by atoms with E-state index in [9.17, 15) is 4.79 Å². The predicted octanol–water partition coefficient (Wildman–Crippen LogP) is 1.46. The van der Waals surface area contributed by atoms with E-state index in [2.05, 4.69) is 52.4 Å². The Balaban J connectivity index is 1.53.